The second kappa shape index (κ2) is 8.17. The van der Waals surface area contributed by atoms with Gasteiger partial charge in [0.1, 0.15) is 16.4 Å². The fourth-order valence-electron chi connectivity index (χ4n) is 6.03. The molecule has 0 aliphatic heterocycles. The summed E-state index contributed by atoms with van der Waals surface area (Å²) in [6.07, 6.45) is 9.03. The molecule has 0 radical (unpaired) electrons. The molecule has 2 atom stereocenters. The van der Waals surface area contributed by atoms with Crippen molar-refractivity contribution >= 4 is 22.8 Å². The molecular formula is C26H25ClFN5. The number of aromatic nitrogens is 5. The lowest BCUT2D eigenvalue weighted by molar-refractivity contribution is 0.0334. The highest BCUT2D eigenvalue weighted by atomic mass is 35.5. The van der Waals surface area contributed by atoms with E-state index in [9.17, 15) is 0 Å². The second-order valence-corrected chi connectivity index (χ2v) is 9.90. The molecule has 5 nitrogen and oxygen atoms in total. The van der Waals surface area contributed by atoms with Crippen LogP contribution in [0.2, 0.25) is 5.15 Å². The number of hydrogen-bond donors (Lipinski definition) is 1. The minimum atomic E-state index is -0.317. The van der Waals surface area contributed by atoms with Gasteiger partial charge in [0.2, 0.25) is 0 Å². The summed E-state index contributed by atoms with van der Waals surface area (Å²) < 4.78 is 15.9. The van der Waals surface area contributed by atoms with E-state index in [0.29, 0.717) is 63.3 Å². The molecule has 7 rings (SSSR count). The van der Waals surface area contributed by atoms with Gasteiger partial charge in [0.05, 0.1) is 17.5 Å². The lowest BCUT2D eigenvalue weighted by Crippen LogP contribution is -2.39. The highest BCUT2D eigenvalue weighted by Gasteiger charge is 2.41. The molecule has 4 aromatic rings. The van der Waals surface area contributed by atoms with E-state index in [0.717, 1.165) is 11.5 Å². The Labute approximate surface area is 196 Å². The zero-order valence-electron chi connectivity index (χ0n) is 18.4. The van der Waals surface area contributed by atoms with Crippen molar-refractivity contribution in [3.63, 3.8) is 0 Å². The third-order valence-corrected chi connectivity index (χ3v) is 8.01. The molecule has 2 unspecified atom stereocenters. The summed E-state index contributed by atoms with van der Waals surface area (Å²) in [5.74, 6) is 2.58. The van der Waals surface area contributed by atoms with Gasteiger partial charge in [0, 0.05) is 11.8 Å². The van der Waals surface area contributed by atoms with E-state index >= 15 is 4.39 Å². The van der Waals surface area contributed by atoms with E-state index in [2.05, 4.69) is 26.9 Å². The first-order chi connectivity index (χ1) is 16.1. The Balaban J connectivity index is 1.49. The number of rotatable bonds is 4. The Morgan fingerprint density at radius 3 is 2.55 bits per heavy atom. The number of fused-ring (bicyclic) bond motifs is 4. The lowest BCUT2D eigenvalue weighted by atomic mass is 9.58. The average Bonchev–Trinajstić information content (AvgIpc) is 3.26. The highest BCUT2D eigenvalue weighted by Crippen LogP contribution is 2.50. The van der Waals surface area contributed by atoms with Gasteiger partial charge >= 0.3 is 0 Å². The normalized spacial score (nSPS) is 24.5. The van der Waals surface area contributed by atoms with Crippen LogP contribution in [-0.2, 0) is 6.42 Å². The molecule has 3 fully saturated rings. The standard InChI is InChI=1S/C26H25ClFN5/c1-14-15-7-9-16(10-8-15)18(14)11-20-22(28)23(17-5-3-2-4-6-17)33-25(31-20)19-12-29-26-24(19)32-21(27)13-30-26/h2-6,12-16,18H,7-11H2,1H3,(H,29,30). The van der Waals surface area contributed by atoms with Gasteiger partial charge in [-0.25, -0.2) is 24.3 Å². The van der Waals surface area contributed by atoms with Crippen LogP contribution in [0.4, 0.5) is 4.39 Å². The van der Waals surface area contributed by atoms with Crippen molar-refractivity contribution in [3.05, 3.63) is 59.4 Å². The Kier molecular flexibility index (Phi) is 5.13. The fraction of sp³-hybridized carbons (Fsp3) is 0.385. The molecule has 0 saturated heterocycles. The number of H-pyrrole nitrogens is 1. The van der Waals surface area contributed by atoms with Gasteiger partial charge in [-0.3, -0.25) is 0 Å². The summed E-state index contributed by atoms with van der Waals surface area (Å²) >= 11 is 6.11. The van der Waals surface area contributed by atoms with E-state index in [4.69, 9.17) is 16.6 Å². The van der Waals surface area contributed by atoms with Crippen LogP contribution in [-0.4, -0.2) is 24.9 Å². The molecule has 1 N–H and O–H groups in total. The molecule has 1 aromatic carbocycles. The number of halogens is 2. The number of nitrogens with one attached hydrogen (secondary N) is 1. The van der Waals surface area contributed by atoms with Crippen molar-refractivity contribution in [2.45, 2.75) is 39.0 Å². The van der Waals surface area contributed by atoms with Gasteiger partial charge in [0.25, 0.3) is 0 Å². The molecule has 168 valence electrons. The van der Waals surface area contributed by atoms with Gasteiger partial charge < -0.3 is 4.98 Å². The van der Waals surface area contributed by atoms with Crippen molar-refractivity contribution < 1.29 is 4.39 Å². The Bertz CT molecular complexity index is 1310. The van der Waals surface area contributed by atoms with Crippen molar-refractivity contribution in [2.75, 3.05) is 0 Å². The van der Waals surface area contributed by atoms with Gasteiger partial charge in [-0.05, 0) is 55.8 Å². The maximum absolute atomic E-state index is 15.9. The van der Waals surface area contributed by atoms with Crippen LogP contribution in [0, 0.1) is 29.5 Å². The molecular weight excluding hydrogens is 437 g/mol. The third-order valence-electron chi connectivity index (χ3n) is 7.83. The summed E-state index contributed by atoms with van der Waals surface area (Å²) in [6.45, 7) is 2.34. The van der Waals surface area contributed by atoms with Crippen LogP contribution >= 0.6 is 11.6 Å². The maximum Gasteiger partial charge on any atom is 0.170 e. The predicted molar refractivity (Wildman–Crippen MR) is 127 cm³/mol. The van der Waals surface area contributed by atoms with Crippen molar-refractivity contribution in [2.24, 2.45) is 23.7 Å². The van der Waals surface area contributed by atoms with Crippen LogP contribution in [0.5, 0.6) is 0 Å². The summed E-state index contributed by atoms with van der Waals surface area (Å²) in [4.78, 5) is 21.3. The van der Waals surface area contributed by atoms with E-state index in [1.54, 1.807) is 6.20 Å². The fourth-order valence-corrected chi connectivity index (χ4v) is 6.16. The van der Waals surface area contributed by atoms with Crippen molar-refractivity contribution in [1.82, 2.24) is 24.9 Å². The average molecular weight is 462 g/mol. The van der Waals surface area contributed by atoms with Crippen LogP contribution < -0.4 is 0 Å². The minimum Gasteiger partial charge on any atom is -0.344 e. The van der Waals surface area contributed by atoms with E-state index in [-0.39, 0.29) is 5.82 Å². The highest BCUT2D eigenvalue weighted by molar-refractivity contribution is 6.29. The van der Waals surface area contributed by atoms with Crippen molar-refractivity contribution in [1.29, 1.82) is 0 Å². The van der Waals surface area contributed by atoms with Crippen LogP contribution in [0.25, 0.3) is 33.8 Å². The Morgan fingerprint density at radius 1 is 1.03 bits per heavy atom. The lowest BCUT2D eigenvalue weighted by Gasteiger charge is -2.47. The molecule has 3 heterocycles. The molecule has 33 heavy (non-hydrogen) atoms. The summed E-state index contributed by atoms with van der Waals surface area (Å²) in [6, 6.07) is 9.49. The summed E-state index contributed by atoms with van der Waals surface area (Å²) in [5, 5.41) is 0.293. The maximum atomic E-state index is 15.9. The SMILES string of the molecule is CC1C2CCC(CC2)C1Cc1nc(-c2c[nH]c3ncc(Cl)nc23)nc(-c2ccccc2)c1F. The Hall–Kier alpha value is -2.86. The molecule has 3 aromatic heterocycles. The zero-order valence-corrected chi connectivity index (χ0v) is 19.2. The largest absolute Gasteiger partial charge is 0.344 e. The first-order valence-corrected chi connectivity index (χ1v) is 12.1. The third kappa shape index (κ3) is 3.61. The van der Waals surface area contributed by atoms with E-state index < -0.39 is 0 Å². The van der Waals surface area contributed by atoms with Crippen molar-refractivity contribution in [3.8, 4) is 22.6 Å². The number of hydrogen-bond acceptors (Lipinski definition) is 4. The molecule has 3 aliphatic carbocycles. The van der Waals surface area contributed by atoms with Crippen LogP contribution in [0.15, 0.2) is 42.7 Å². The number of benzene rings is 1. The van der Waals surface area contributed by atoms with Gasteiger partial charge in [-0.2, -0.15) is 0 Å². The minimum absolute atomic E-state index is 0.293. The summed E-state index contributed by atoms with van der Waals surface area (Å²) in [7, 11) is 0. The van der Waals surface area contributed by atoms with Crippen LogP contribution in [0.1, 0.15) is 38.3 Å². The quantitative estimate of drug-likeness (QED) is 0.377. The van der Waals surface area contributed by atoms with E-state index in [1.165, 1.54) is 31.9 Å². The first-order valence-electron chi connectivity index (χ1n) is 11.7. The summed E-state index contributed by atoms with van der Waals surface area (Å²) in [5.41, 5.74) is 3.42. The topological polar surface area (TPSA) is 67.3 Å². The second-order valence-electron chi connectivity index (χ2n) is 9.52. The van der Waals surface area contributed by atoms with Gasteiger partial charge in [-0.1, -0.05) is 48.9 Å². The first kappa shape index (κ1) is 20.7. The number of nitrogens with zero attached hydrogens (tertiary/aromatic N) is 4. The Morgan fingerprint density at radius 2 is 1.79 bits per heavy atom. The molecule has 0 amide bonds. The number of aromatic amines is 1. The van der Waals surface area contributed by atoms with Gasteiger partial charge in [-0.15, -0.1) is 0 Å². The molecule has 2 bridgehead atoms. The predicted octanol–water partition coefficient (Wildman–Crippen LogP) is 6.49. The monoisotopic (exact) mass is 461 g/mol. The smallest absolute Gasteiger partial charge is 0.170 e. The zero-order chi connectivity index (χ0) is 22.5. The molecule has 0 spiro atoms. The van der Waals surface area contributed by atoms with E-state index in [1.807, 2.05) is 30.3 Å². The molecule has 3 saturated carbocycles. The molecule has 7 heteroatoms. The van der Waals surface area contributed by atoms with Gasteiger partial charge in [0.15, 0.2) is 17.3 Å². The molecule has 3 aliphatic rings. The van der Waals surface area contributed by atoms with Crippen LogP contribution in [0.3, 0.4) is 0 Å².